The number of hydrogen-bond donors (Lipinski definition) is 0. The Kier molecular flexibility index (Phi) is 8.40. The van der Waals surface area contributed by atoms with Gasteiger partial charge in [-0.25, -0.2) is 9.59 Å². The Labute approximate surface area is 237 Å². The zero-order valence-corrected chi connectivity index (χ0v) is 23.6. The minimum atomic E-state index is -0.595. The molecule has 0 spiro atoms. The predicted octanol–water partition coefficient (Wildman–Crippen LogP) is 5.76. The van der Waals surface area contributed by atoms with Crippen molar-refractivity contribution in [1.82, 2.24) is 14.7 Å². The van der Waals surface area contributed by atoms with Crippen LogP contribution in [0.5, 0.6) is 0 Å². The highest BCUT2D eigenvalue weighted by atomic mass is 16.6. The summed E-state index contributed by atoms with van der Waals surface area (Å²) in [5.41, 5.74) is 2.76. The molecule has 2 atom stereocenters. The maximum atomic E-state index is 13.4. The van der Waals surface area contributed by atoms with Crippen molar-refractivity contribution in [2.24, 2.45) is 0 Å². The molecule has 7 nitrogen and oxygen atoms in total. The first kappa shape index (κ1) is 27.7. The third-order valence-electron chi connectivity index (χ3n) is 7.61. The lowest BCUT2D eigenvalue weighted by molar-refractivity contribution is -0.0417. The van der Waals surface area contributed by atoms with Crippen molar-refractivity contribution in [3.63, 3.8) is 0 Å². The number of fused-ring (bicyclic) bond motifs is 1. The summed E-state index contributed by atoms with van der Waals surface area (Å²) in [6.45, 7) is 8.70. The largest absolute Gasteiger partial charge is 0.445 e. The van der Waals surface area contributed by atoms with Gasteiger partial charge in [0.2, 0.25) is 0 Å². The van der Waals surface area contributed by atoms with Gasteiger partial charge in [0, 0.05) is 50.7 Å². The first-order valence-electron chi connectivity index (χ1n) is 14.1. The summed E-state index contributed by atoms with van der Waals surface area (Å²) >= 11 is 0. The maximum absolute atomic E-state index is 13.4. The van der Waals surface area contributed by atoms with E-state index in [1.165, 1.54) is 11.1 Å². The molecule has 40 heavy (non-hydrogen) atoms. The number of rotatable bonds is 5. The minimum Gasteiger partial charge on any atom is -0.445 e. The Hall–Kier alpha value is -3.84. The van der Waals surface area contributed by atoms with Crippen LogP contribution in [-0.2, 0) is 16.1 Å². The molecule has 3 aromatic rings. The standard InChI is InChI=1S/C33H39N3O4/c1-33(2,3)40-32(38)35-22-28-21-34(31(37)39-24-25-13-7-4-8-14-25)19-20-36(28)29(23-35)30(26-15-9-5-10-16-26)27-17-11-6-12-18-27/h4-18,28-30H,19-24H2,1-3H3/t28-,29-/m0/s1. The van der Waals surface area contributed by atoms with E-state index in [4.69, 9.17) is 9.47 Å². The Morgan fingerprint density at radius 3 is 1.88 bits per heavy atom. The zero-order chi connectivity index (χ0) is 28.1. The summed E-state index contributed by atoms with van der Waals surface area (Å²) in [4.78, 5) is 32.6. The topological polar surface area (TPSA) is 62.3 Å². The number of ether oxygens (including phenoxy) is 2. The van der Waals surface area contributed by atoms with Gasteiger partial charge in [0.1, 0.15) is 12.2 Å². The van der Waals surface area contributed by atoms with Gasteiger partial charge in [0.15, 0.2) is 0 Å². The summed E-state index contributed by atoms with van der Waals surface area (Å²) in [5.74, 6) is 0.0479. The Morgan fingerprint density at radius 2 is 1.30 bits per heavy atom. The highest BCUT2D eigenvalue weighted by Gasteiger charge is 2.45. The van der Waals surface area contributed by atoms with Crippen molar-refractivity contribution < 1.29 is 19.1 Å². The van der Waals surface area contributed by atoms with E-state index in [2.05, 4.69) is 53.4 Å². The van der Waals surface area contributed by atoms with Gasteiger partial charge < -0.3 is 19.3 Å². The van der Waals surface area contributed by atoms with Crippen LogP contribution in [-0.4, -0.2) is 77.3 Å². The number of piperazine rings is 2. The van der Waals surface area contributed by atoms with Gasteiger partial charge in [0.05, 0.1) is 0 Å². The van der Waals surface area contributed by atoms with Crippen molar-refractivity contribution in [3.8, 4) is 0 Å². The van der Waals surface area contributed by atoms with Crippen LogP contribution < -0.4 is 0 Å². The fourth-order valence-corrected chi connectivity index (χ4v) is 5.83. The number of nitrogens with zero attached hydrogens (tertiary/aromatic N) is 3. The molecule has 2 amide bonds. The zero-order valence-electron chi connectivity index (χ0n) is 23.6. The predicted molar refractivity (Wildman–Crippen MR) is 155 cm³/mol. The maximum Gasteiger partial charge on any atom is 0.410 e. The van der Waals surface area contributed by atoms with E-state index in [9.17, 15) is 9.59 Å². The normalized spacial score (nSPS) is 19.7. The molecule has 2 fully saturated rings. The molecule has 2 heterocycles. The van der Waals surface area contributed by atoms with E-state index in [-0.39, 0.29) is 36.8 Å². The van der Waals surface area contributed by atoms with E-state index in [0.717, 1.165) is 5.56 Å². The minimum absolute atomic E-state index is 0.0126. The van der Waals surface area contributed by atoms with Crippen LogP contribution in [0, 0.1) is 0 Å². The average Bonchev–Trinajstić information content (AvgIpc) is 2.96. The van der Waals surface area contributed by atoms with Crippen LogP contribution in [0.25, 0.3) is 0 Å². The van der Waals surface area contributed by atoms with Gasteiger partial charge in [-0.15, -0.1) is 0 Å². The number of hydrogen-bond acceptors (Lipinski definition) is 5. The molecular formula is C33H39N3O4. The van der Waals surface area contributed by atoms with Crippen LogP contribution in [0.15, 0.2) is 91.0 Å². The Balaban J connectivity index is 1.41. The van der Waals surface area contributed by atoms with Gasteiger partial charge in [-0.3, -0.25) is 4.90 Å². The molecule has 210 valence electrons. The number of carbonyl (C=O) groups is 2. The van der Waals surface area contributed by atoms with Crippen LogP contribution in [0.2, 0.25) is 0 Å². The van der Waals surface area contributed by atoms with Crippen molar-refractivity contribution in [2.75, 3.05) is 32.7 Å². The van der Waals surface area contributed by atoms with Crippen molar-refractivity contribution in [2.45, 2.75) is 51.0 Å². The van der Waals surface area contributed by atoms with Gasteiger partial charge >= 0.3 is 12.2 Å². The lowest BCUT2D eigenvalue weighted by Crippen LogP contribution is -2.68. The number of amides is 2. The smallest absolute Gasteiger partial charge is 0.410 e. The number of carbonyl (C=O) groups excluding carboxylic acids is 2. The molecule has 2 saturated heterocycles. The Bertz CT molecular complexity index is 1220. The number of benzene rings is 3. The SMILES string of the molecule is CC(C)(C)OC(=O)N1C[C@@H]2CN(C(=O)OCc3ccccc3)CCN2[C@H](C(c2ccccc2)c2ccccc2)C1. The van der Waals surface area contributed by atoms with Crippen molar-refractivity contribution >= 4 is 12.2 Å². The molecule has 3 aromatic carbocycles. The quantitative estimate of drug-likeness (QED) is 0.411. The molecule has 0 unspecified atom stereocenters. The molecular weight excluding hydrogens is 502 g/mol. The summed E-state index contributed by atoms with van der Waals surface area (Å²) in [6, 6.07) is 30.7. The summed E-state index contributed by atoms with van der Waals surface area (Å²) in [6.07, 6.45) is -0.641. The highest BCUT2D eigenvalue weighted by molar-refractivity contribution is 5.69. The second-order valence-electron chi connectivity index (χ2n) is 11.6. The van der Waals surface area contributed by atoms with E-state index < -0.39 is 5.60 Å². The van der Waals surface area contributed by atoms with Gasteiger partial charge in [-0.1, -0.05) is 91.0 Å². The van der Waals surface area contributed by atoms with Gasteiger partial charge in [-0.2, -0.15) is 0 Å². The molecule has 0 bridgehead atoms. The first-order valence-corrected chi connectivity index (χ1v) is 14.1. The van der Waals surface area contributed by atoms with Gasteiger partial charge in [0.25, 0.3) is 0 Å². The highest BCUT2D eigenvalue weighted by Crippen LogP contribution is 2.36. The third kappa shape index (κ3) is 6.65. The summed E-state index contributed by atoms with van der Waals surface area (Å²) < 4.78 is 11.5. The molecule has 0 aromatic heterocycles. The third-order valence-corrected chi connectivity index (χ3v) is 7.61. The van der Waals surface area contributed by atoms with Crippen molar-refractivity contribution in [1.29, 1.82) is 0 Å². The van der Waals surface area contributed by atoms with E-state index >= 15 is 0 Å². The lowest BCUT2D eigenvalue weighted by atomic mass is 9.82. The van der Waals surface area contributed by atoms with Crippen LogP contribution in [0.4, 0.5) is 9.59 Å². The monoisotopic (exact) mass is 541 g/mol. The molecule has 0 saturated carbocycles. The molecule has 0 aliphatic carbocycles. The summed E-state index contributed by atoms with van der Waals surface area (Å²) in [5, 5.41) is 0. The van der Waals surface area contributed by atoms with E-state index in [0.29, 0.717) is 32.7 Å². The van der Waals surface area contributed by atoms with E-state index in [1.807, 2.05) is 68.1 Å². The van der Waals surface area contributed by atoms with Crippen LogP contribution >= 0.6 is 0 Å². The fraction of sp³-hybridized carbons (Fsp3) is 0.394. The molecule has 7 heteroatoms. The van der Waals surface area contributed by atoms with Crippen LogP contribution in [0.3, 0.4) is 0 Å². The van der Waals surface area contributed by atoms with Crippen molar-refractivity contribution in [3.05, 3.63) is 108 Å². The lowest BCUT2D eigenvalue weighted by Gasteiger charge is -2.53. The van der Waals surface area contributed by atoms with Crippen LogP contribution in [0.1, 0.15) is 43.4 Å². The molecule has 0 radical (unpaired) electrons. The molecule has 0 N–H and O–H groups in total. The molecule has 5 rings (SSSR count). The second kappa shape index (κ2) is 12.1. The van der Waals surface area contributed by atoms with E-state index in [1.54, 1.807) is 4.90 Å². The average molecular weight is 542 g/mol. The molecule has 2 aliphatic heterocycles. The first-order chi connectivity index (χ1) is 19.3. The second-order valence-corrected chi connectivity index (χ2v) is 11.6. The summed E-state index contributed by atoms with van der Waals surface area (Å²) in [7, 11) is 0. The Morgan fingerprint density at radius 1 is 0.750 bits per heavy atom. The fourth-order valence-electron chi connectivity index (χ4n) is 5.83. The van der Waals surface area contributed by atoms with Gasteiger partial charge in [-0.05, 0) is 37.5 Å². The molecule has 2 aliphatic rings.